The summed E-state index contributed by atoms with van der Waals surface area (Å²) in [4.78, 5) is 11.8. The lowest BCUT2D eigenvalue weighted by Gasteiger charge is -2.13. The molecule has 1 N–H and O–H groups in total. The quantitative estimate of drug-likeness (QED) is 0.867. The summed E-state index contributed by atoms with van der Waals surface area (Å²) in [6.07, 6.45) is 4.68. The average Bonchev–Trinajstić information content (AvgIpc) is 2.89. The summed E-state index contributed by atoms with van der Waals surface area (Å²) in [5, 5.41) is 2.90. The fraction of sp³-hybridized carbons (Fsp3) is 0.133. The second-order valence-electron chi connectivity index (χ2n) is 4.13. The third-order valence-electron chi connectivity index (χ3n) is 2.65. The first-order valence-corrected chi connectivity index (χ1v) is 6.72. The zero-order valence-electron chi connectivity index (χ0n) is 10.5. The Kier molecular flexibility index (Phi) is 4.58. The highest BCUT2D eigenvalue weighted by Gasteiger charge is 2.07. The van der Waals surface area contributed by atoms with Crippen LogP contribution in [0.25, 0.3) is 6.08 Å². The Morgan fingerprint density at radius 2 is 2.21 bits per heavy atom. The normalized spacial score (nSPS) is 12.5. The second-order valence-corrected chi connectivity index (χ2v) is 5.05. The summed E-state index contributed by atoms with van der Waals surface area (Å²) >= 11 is 3.41. The molecule has 1 atom stereocenters. The maximum atomic E-state index is 11.8. The zero-order chi connectivity index (χ0) is 13.7. The van der Waals surface area contributed by atoms with Crippen LogP contribution in [0.4, 0.5) is 0 Å². The van der Waals surface area contributed by atoms with E-state index < -0.39 is 0 Å². The first-order chi connectivity index (χ1) is 9.15. The zero-order valence-corrected chi connectivity index (χ0v) is 12.1. The van der Waals surface area contributed by atoms with Crippen molar-refractivity contribution in [3.63, 3.8) is 0 Å². The van der Waals surface area contributed by atoms with Gasteiger partial charge in [-0.3, -0.25) is 4.79 Å². The van der Waals surface area contributed by atoms with Crippen LogP contribution in [0.5, 0.6) is 0 Å². The molecule has 0 saturated heterocycles. The highest BCUT2D eigenvalue weighted by molar-refractivity contribution is 9.10. The van der Waals surface area contributed by atoms with Crippen LogP contribution in [-0.2, 0) is 4.79 Å². The SMILES string of the molecule is C[C@H](NC(=O)/C=C/c1ccco1)c1cccc(Br)c1. The Bertz CT molecular complexity index is 576. The molecule has 1 heterocycles. The molecular formula is C15H14BrNO2. The predicted molar refractivity (Wildman–Crippen MR) is 78.4 cm³/mol. The third kappa shape index (κ3) is 4.10. The summed E-state index contributed by atoms with van der Waals surface area (Å²) in [5.74, 6) is 0.508. The molecule has 3 nitrogen and oxygen atoms in total. The van der Waals surface area contributed by atoms with Crippen molar-refractivity contribution in [2.45, 2.75) is 13.0 Å². The lowest BCUT2D eigenvalue weighted by molar-refractivity contribution is -0.117. The summed E-state index contributed by atoms with van der Waals surface area (Å²) in [6, 6.07) is 11.4. The summed E-state index contributed by atoms with van der Waals surface area (Å²) < 4.78 is 6.11. The Balaban J connectivity index is 1.95. The number of benzene rings is 1. The van der Waals surface area contributed by atoms with Gasteiger partial charge in [0.15, 0.2) is 0 Å². The van der Waals surface area contributed by atoms with Crippen LogP contribution < -0.4 is 5.32 Å². The number of carbonyl (C=O) groups is 1. The Morgan fingerprint density at radius 3 is 2.89 bits per heavy atom. The van der Waals surface area contributed by atoms with Crippen molar-refractivity contribution in [3.8, 4) is 0 Å². The molecule has 19 heavy (non-hydrogen) atoms. The van der Waals surface area contributed by atoms with Gasteiger partial charge in [-0.15, -0.1) is 0 Å². The molecule has 0 fully saturated rings. The van der Waals surface area contributed by atoms with Crippen LogP contribution in [0.3, 0.4) is 0 Å². The van der Waals surface area contributed by atoms with E-state index in [0.29, 0.717) is 5.76 Å². The number of rotatable bonds is 4. The molecule has 0 bridgehead atoms. The molecule has 4 heteroatoms. The van der Waals surface area contributed by atoms with Crippen molar-refractivity contribution in [1.29, 1.82) is 0 Å². The van der Waals surface area contributed by atoms with E-state index in [1.165, 1.54) is 6.08 Å². The fourth-order valence-electron chi connectivity index (χ4n) is 1.66. The van der Waals surface area contributed by atoms with E-state index in [4.69, 9.17) is 4.42 Å². The lowest BCUT2D eigenvalue weighted by Crippen LogP contribution is -2.24. The van der Waals surface area contributed by atoms with Gasteiger partial charge in [0.1, 0.15) is 5.76 Å². The van der Waals surface area contributed by atoms with Crippen molar-refractivity contribution >= 4 is 27.9 Å². The molecule has 0 saturated carbocycles. The Morgan fingerprint density at radius 1 is 1.37 bits per heavy atom. The summed E-state index contributed by atoms with van der Waals surface area (Å²) in [5.41, 5.74) is 1.05. The Labute approximate surface area is 120 Å². The van der Waals surface area contributed by atoms with Crippen LogP contribution in [0.2, 0.25) is 0 Å². The van der Waals surface area contributed by atoms with Gasteiger partial charge in [-0.1, -0.05) is 28.1 Å². The first-order valence-electron chi connectivity index (χ1n) is 5.93. The van der Waals surface area contributed by atoms with Gasteiger partial charge in [-0.05, 0) is 42.8 Å². The van der Waals surface area contributed by atoms with Crippen molar-refractivity contribution in [2.75, 3.05) is 0 Å². The highest BCUT2D eigenvalue weighted by Crippen LogP contribution is 2.17. The van der Waals surface area contributed by atoms with Gasteiger partial charge in [-0.25, -0.2) is 0 Å². The minimum atomic E-state index is -0.149. The molecule has 1 aromatic heterocycles. The third-order valence-corrected chi connectivity index (χ3v) is 3.14. The maximum Gasteiger partial charge on any atom is 0.244 e. The first kappa shape index (κ1) is 13.6. The van der Waals surface area contributed by atoms with Gasteiger partial charge in [0.2, 0.25) is 5.91 Å². The van der Waals surface area contributed by atoms with E-state index >= 15 is 0 Å². The topological polar surface area (TPSA) is 42.2 Å². The molecule has 0 spiro atoms. The van der Waals surface area contributed by atoms with Crippen molar-refractivity contribution < 1.29 is 9.21 Å². The molecule has 98 valence electrons. The molecule has 0 unspecified atom stereocenters. The number of furan rings is 1. The number of hydrogen-bond donors (Lipinski definition) is 1. The van der Waals surface area contributed by atoms with E-state index in [9.17, 15) is 4.79 Å². The van der Waals surface area contributed by atoms with E-state index in [-0.39, 0.29) is 11.9 Å². The molecule has 2 rings (SSSR count). The summed E-state index contributed by atoms with van der Waals surface area (Å²) in [6.45, 7) is 1.94. The molecule has 2 aromatic rings. The number of carbonyl (C=O) groups excluding carboxylic acids is 1. The van der Waals surface area contributed by atoms with Crippen LogP contribution in [0, 0.1) is 0 Å². The second kappa shape index (κ2) is 6.38. The minimum Gasteiger partial charge on any atom is -0.465 e. The molecule has 0 aliphatic rings. The number of nitrogens with one attached hydrogen (secondary N) is 1. The van der Waals surface area contributed by atoms with Gasteiger partial charge in [-0.2, -0.15) is 0 Å². The van der Waals surface area contributed by atoms with Gasteiger partial charge in [0.25, 0.3) is 0 Å². The molecule has 1 aromatic carbocycles. The van der Waals surface area contributed by atoms with Gasteiger partial charge in [0.05, 0.1) is 12.3 Å². The number of halogens is 1. The smallest absolute Gasteiger partial charge is 0.244 e. The van der Waals surface area contributed by atoms with Crippen LogP contribution in [-0.4, -0.2) is 5.91 Å². The largest absolute Gasteiger partial charge is 0.465 e. The highest BCUT2D eigenvalue weighted by atomic mass is 79.9. The van der Waals surface area contributed by atoms with Crippen LogP contribution in [0.15, 0.2) is 57.6 Å². The monoisotopic (exact) mass is 319 g/mol. The number of amides is 1. The van der Waals surface area contributed by atoms with Crippen LogP contribution in [0.1, 0.15) is 24.3 Å². The standard InChI is InChI=1S/C15H14BrNO2/c1-11(12-4-2-5-13(16)10-12)17-15(18)8-7-14-6-3-9-19-14/h2-11H,1H3,(H,17,18)/b8-7+/t11-/m0/s1. The Hall–Kier alpha value is -1.81. The molecule has 1 amide bonds. The van der Waals surface area contributed by atoms with E-state index in [2.05, 4.69) is 21.2 Å². The molecule has 0 aliphatic carbocycles. The average molecular weight is 320 g/mol. The van der Waals surface area contributed by atoms with Crippen molar-refractivity contribution in [2.24, 2.45) is 0 Å². The van der Waals surface area contributed by atoms with E-state index in [1.54, 1.807) is 24.5 Å². The maximum absolute atomic E-state index is 11.8. The van der Waals surface area contributed by atoms with E-state index in [0.717, 1.165) is 10.0 Å². The summed E-state index contributed by atoms with van der Waals surface area (Å²) in [7, 11) is 0. The van der Waals surface area contributed by atoms with Crippen molar-refractivity contribution in [3.05, 3.63) is 64.5 Å². The molecule has 0 aliphatic heterocycles. The van der Waals surface area contributed by atoms with Crippen molar-refractivity contribution in [1.82, 2.24) is 5.32 Å². The fourth-order valence-corrected chi connectivity index (χ4v) is 2.08. The minimum absolute atomic E-state index is 0.0498. The predicted octanol–water partition coefficient (Wildman–Crippen LogP) is 3.93. The molecular weight excluding hydrogens is 306 g/mol. The molecule has 0 radical (unpaired) electrons. The van der Waals surface area contributed by atoms with Crippen LogP contribution >= 0.6 is 15.9 Å². The number of hydrogen-bond acceptors (Lipinski definition) is 2. The van der Waals surface area contributed by atoms with E-state index in [1.807, 2.05) is 31.2 Å². The van der Waals surface area contributed by atoms with Gasteiger partial charge >= 0.3 is 0 Å². The van der Waals surface area contributed by atoms with Gasteiger partial charge in [0, 0.05) is 10.5 Å². The van der Waals surface area contributed by atoms with Gasteiger partial charge < -0.3 is 9.73 Å². The lowest BCUT2D eigenvalue weighted by atomic mass is 10.1.